The van der Waals surface area contributed by atoms with E-state index in [0.717, 1.165) is 66.8 Å². The normalized spacial score (nSPS) is 17.3. The summed E-state index contributed by atoms with van der Waals surface area (Å²) in [5.74, 6) is 5.39. The Labute approximate surface area is 354 Å². The van der Waals surface area contributed by atoms with Gasteiger partial charge in [0.15, 0.2) is 34.9 Å². The highest BCUT2D eigenvalue weighted by Gasteiger charge is 2.17. The molecular weight excluding hydrogens is 805 g/mol. The average molecular weight is 841 g/mol. The number of rotatable bonds is 0. The predicted octanol–water partition coefficient (Wildman–Crippen LogP) is 9.03. The van der Waals surface area contributed by atoms with E-state index in [4.69, 9.17) is 29.9 Å². The molecule has 21 aliphatic heterocycles. The highest BCUT2D eigenvalue weighted by Crippen LogP contribution is 2.29. The van der Waals surface area contributed by atoms with Crippen molar-refractivity contribution in [2.75, 3.05) is 0 Å². The maximum absolute atomic E-state index is 13.5. The molecule has 9 nitrogen and oxygen atoms in total. The largest absolute Gasteiger partial charge is 0.259 e. The Morgan fingerprint density at radius 1 is 0.233 bits per heavy atom. The Hall–Kier alpha value is -6.21. The molecule has 0 aliphatic carbocycles. The molecule has 0 fully saturated rings. The van der Waals surface area contributed by atoms with E-state index >= 15 is 0 Å². The van der Waals surface area contributed by atoms with E-state index in [1.165, 1.54) is 0 Å². The molecule has 12 heteroatoms. The van der Waals surface area contributed by atoms with Crippen LogP contribution >= 0.6 is 0 Å². The number of benzene rings is 6. The third-order valence-electron chi connectivity index (χ3n) is 10.5. The van der Waals surface area contributed by atoms with Gasteiger partial charge in [-0.25, -0.2) is 29.9 Å². The topological polar surface area (TPSA) is 129 Å². The SMILES string of the molecule is O=S1Cc2ccc(cc2)-c2nc3nc(n2)-c2ccc(cc2)CS(=O)Cc2ccc(cc2)-c2nc(nc(n2)-c2ccc(cc2)CS(=O)Cc2ccc-3cc2)-c2ccc(cc2)C1. The average Bonchev–Trinajstić information content (AvgIpc) is 3.27. The molecule has 29 rings (SSSR count). The summed E-state index contributed by atoms with van der Waals surface area (Å²) in [6.45, 7) is 0. The maximum atomic E-state index is 13.5. The molecule has 0 spiro atoms. The van der Waals surface area contributed by atoms with Gasteiger partial charge in [-0.15, -0.1) is 0 Å². The fourth-order valence-electron chi connectivity index (χ4n) is 7.30. The zero-order valence-electron chi connectivity index (χ0n) is 32.2. The van der Waals surface area contributed by atoms with E-state index in [0.29, 0.717) is 69.5 Å². The second kappa shape index (κ2) is 16.4. The summed E-state index contributed by atoms with van der Waals surface area (Å²) in [5.41, 5.74) is 10.5. The van der Waals surface area contributed by atoms with Gasteiger partial charge in [-0.05, 0) is 33.4 Å². The van der Waals surface area contributed by atoms with Crippen molar-refractivity contribution in [3.63, 3.8) is 0 Å². The molecule has 2 aromatic heterocycles. The van der Waals surface area contributed by atoms with Crippen molar-refractivity contribution >= 4 is 32.4 Å². The molecule has 21 aliphatic rings. The number of hydrogen-bond donors (Lipinski definition) is 0. The molecule has 23 heterocycles. The van der Waals surface area contributed by atoms with E-state index < -0.39 is 32.4 Å². The maximum Gasteiger partial charge on any atom is 0.164 e. The van der Waals surface area contributed by atoms with Crippen molar-refractivity contribution in [3.8, 4) is 68.3 Å². The summed E-state index contributed by atoms with van der Waals surface area (Å²) in [4.78, 5) is 29.6. The first-order chi connectivity index (χ1) is 29.3. The molecule has 0 atom stereocenters. The monoisotopic (exact) mass is 840 g/mol. The number of hydrogen-bond acceptors (Lipinski definition) is 9. The second-order valence-corrected chi connectivity index (χ2v) is 19.4. The molecule has 0 amide bonds. The van der Waals surface area contributed by atoms with Crippen LogP contribution in [0.5, 0.6) is 0 Å². The van der Waals surface area contributed by atoms with E-state index in [-0.39, 0.29) is 0 Å². The van der Waals surface area contributed by atoms with Crippen LogP contribution in [0, 0.1) is 0 Å². The minimum atomic E-state index is -1.16. The van der Waals surface area contributed by atoms with Gasteiger partial charge in [0.1, 0.15) is 0 Å². The molecule has 0 unspecified atom stereocenters. The molecule has 6 aromatic carbocycles. The van der Waals surface area contributed by atoms with Crippen molar-refractivity contribution in [1.82, 2.24) is 29.9 Å². The Kier molecular flexibility index (Phi) is 10.4. The molecule has 294 valence electrons. The van der Waals surface area contributed by atoms with Crippen LogP contribution in [0.4, 0.5) is 0 Å². The number of nitrogens with zero attached hydrogens (tertiary/aromatic N) is 6. The van der Waals surface area contributed by atoms with E-state index in [9.17, 15) is 12.6 Å². The fraction of sp³-hybridized carbons (Fsp3) is 0.125. The second-order valence-electron chi connectivity index (χ2n) is 15.0. The summed E-state index contributed by atoms with van der Waals surface area (Å²) in [6.07, 6.45) is 0. The van der Waals surface area contributed by atoms with Crippen LogP contribution < -0.4 is 0 Å². The third-order valence-corrected chi connectivity index (χ3v) is 14.4. The lowest BCUT2D eigenvalue weighted by Crippen LogP contribution is -2.03. The number of aromatic nitrogens is 6. The van der Waals surface area contributed by atoms with Crippen molar-refractivity contribution in [3.05, 3.63) is 179 Å². The van der Waals surface area contributed by atoms with Gasteiger partial charge in [0.25, 0.3) is 0 Å². The fourth-order valence-corrected chi connectivity index (χ4v) is 11.0. The predicted molar refractivity (Wildman–Crippen MR) is 239 cm³/mol. The lowest BCUT2D eigenvalue weighted by molar-refractivity contribution is 0.681. The Balaban J connectivity index is 1.13. The quantitative estimate of drug-likeness (QED) is 0.147. The molecule has 0 saturated carbocycles. The lowest BCUT2D eigenvalue weighted by atomic mass is 10.1. The van der Waals surface area contributed by atoms with Crippen molar-refractivity contribution in [2.24, 2.45) is 0 Å². The Morgan fingerprint density at radius 3 is 0.500 bits per heavy atom. The third kappa shape index (κ3) is 8.44. The van der Waals surface area contributed by atoms with Crippen LogP contribution in [-0.4, -0.2) is 42.5 Å². The van der Waals surface area contributed by atoms with Crippen LogP contribution in [0.3, 0.4) is 0 Å². The Morgan fingerprint density at radius 2 is 0.367 bits per heavy atom. The van der Waals surface area contributed by atoms with Crippen molar-refractivity contribution < 1.29 is 12.6 Å². The summed E-state index contributed by atoms with van der Waals surface area (Å²) < 4.78 is 40.5. The smallest absolute Gasteiger partial charge is 0.164 e. The minimum absolute atomic E-state index is 0.391. The van der Waals surface area contributed by atoms with Gasteiger partial charge in [0, 0.05) is 100 Å². The van der Waals surface area contributed by atoms with Gasteiger partial charge in [-0.3, -0.25) is 12.6 Å². The van der Waals surface area contributed by atoms with Crippen LogP contribution in [0.2, 0.25) is 0 Å². The van der Waals surface area contributed by atoms with E-state index in [1.54, 1.807) is 0 Å². The van der Waals surface area contributed by atoms with Gasteiger partial charge < -0.3 is 0 Å². The molecule has 18 bridgehead atoms. The first-order valence-electron chi connectivity index (χ1n) is 19.5. The van der Waals surface area contributed by atoms with Gasteiger partial charge in [0.05, 0.1) is 0 Å². The molecule has 0 saturated heterocycles. The first kappa shape index (κ1) is 38.0. The van der Waals surface area contributed by atoms with Crippen molar-refractivity contribution in [2.45, 2.75) is 34.5 Å². The van der Waals surface area contributed by atoms with Gasteiger partial charge in [-0.1, -0.05) is 146 Å². The highest BCUT2D eigenvalue weighted by molar-refractivity contribution is 7.83. The van der Waals surface area contributed by atoms with Crippen LogP contribution in [0.25, 0.3) is 68.3 Å². The minimum Gasteiger partial charge on any atom is -0.259 e. The van der Waals surface area contributed by atoms with Gasteiger partial charge in [0.2, 0.25) is 0 Å². The van der Waals surface area contributed by atoms with Crippen LogP contribution in [0.15, 0.2) is 146 Å². The molecule has 0 N–H and O–H groups in total. The van der Waals surface area contributed by atoms with Crippen LogP contribution in [-0.2, 0) is 66.9 Å². The summed E-state index contributed by atoms with van der Waals surface area (Å²) >= 11 is 0. The zero-order chi connectivity index (χ0) is 40.6. The zero-order valence-corrected chi connectivity index (χ0v) is 34.7. The molecule has 0 radical (unpaired) electrons. The lowest BCUT2D eigenvalue weighted by Gasteiger charge is -2.11. The highest BCUT2D eigenvalue weighted by atomic mass is 32.2. The summed E-state index contributed by atoms with van der Waals surface area (Å²) in [6, 6.07) is 47.2. The molecule has 8 aromatic rings. The summed E-state index contributed by atoms with van der Waals surface area (Å²) in [5, 5.41) is 0. The van der Waals surface area contributed by atoms with E-state index in [2.05, 4.69) is 0 Å². The van der Waals surface area contributed by atoms with Gasteiger partial charge in [-0.2, -0.15) is 0 Å². The molecular formula is C48H36N6O3S3. The van der Waals surface area contributed by atoms with Gasteiger partial charge >= 0.3 is 0 Å². The Bertz CT molecular complexity index is 2400. The van der Waals surface area contributed by atoms with Crippen LogP contribution in [0.1, 0.15) is 33.4 Å². The standard InChI is InChI=1S/C48H36N6O3S3/c55-58-25-31-1-13-37(14-2-31)43-49-44-38-17-5-33(6-18-38)27-59(56)29-35-9-21-41(22-10-35)47-52-46(40-15-3-32(26-58)4-16-40)53-48(54-47)42-23-11-36(12-24-42)30-60(57)28-34-7-19-39(20-8-34)45(50-43)51-44/h1-24H,25-30H2. The van der Waals surface area contributed by atoms with E-state index in [1.807, 2.05) is 146 Å². The molecule has 60 heavy (non-hydrogen) atoms. The summed E-state index contributed by atoms with van der Waals surface area (Å²) in [7, 11) is -3.49. The first-order valence-corrected chi connectivity index (χ1v) is 23.9. The van der Waals surface area contributed by atoms with Crippen molar-refractivity contribution in [1.29, 1.82) is 0 Å².